The van der Waals surface area contributed by atoms with E-state index in [2.05, 4.69) is 5.32 Å². The Morgan fingerprint density at radius 1 is 1.00 bits per heavy atom. The summed E-state index contributed by atoms with van der Waals surface area (Å²) >= 11 is 0. The van der Waals surface area contributed by atoms with E-state index in [1.165, 1.54) is 24.3 Å². The van der Waals surface area contributed by atoms with Crippen molar-refractivity contribution in [3.63, 3.8) is 0 Å². The van der Waals surface area contributed by atoms with Crippen LogP contribution in [0, 0.1) is 17.5 Å². The predicted octanol–water partition coefficient (Wildman–Crippen LogP) is 4.44. The second-order valence-corrected chi connectivity index (χ2v) is 5.42. The molecule has 3 rings (SSSR count). The second-order valence-electron chi connectivity index (χ2n) is 5.42. The van der Waals surface area contributed by atoms with Crippen molar-refractivity contribution < 1.29 is 13.2 Å². The lowest BCUT2D eigenvalue weighted by Gasteiger charge is -2.21. The fraction of sp³-hybridized carbons (Fsp3) is 0.294. The second kappa shape index (κ2) is 5.53. The summed E-state index contributed by atoms with van der Waals surface area (Å²) in [6.45, 7) is 1.72. The van der Waals surface area contributed by atoms with E-state index < -0.39 is 17.7 Å². The number of benzene rings is 2. The van der Waals surface area contributed by atoms with Gasteiger partial charge in [0.15, 0.2) is 0 Å². The van der Waals surface area contributed by atoms with E-state index >= 15 is 0 Å². The zero-order valence-electron chi connectivity index (χ0n) is 11.7. The highest BCUT2D eigenvalue weighted by Crippen LogP contribution is 2.35. The van der Waals surface area contributed by atoms with Crippen LogP contribution >= 0.6 is 0 Å². The van der Waals surface area contributed by atoms with Crippen molar-refractivity contribution in [1.82, 2.24) is 5.32 Å². The third kappa shape index (κ3) is 2.56. The van der Waals surface area contributed by atoms with Crippen molar-refractivity contribution in [2.24, 2.45) is 0 Å². The van der Waals surface area contributed by atoms with E-state index in [4.69, 9.17) is 0 Å². The largest absolute Gasteiger partial charge is 0.303 e. The van der Waals surface area contributed by atoms with E-state index in [1.54, 1.807) is 13.0 Å². The summed E-state index contributed by atoms with van der Waals surface area (Å²) in [4.78, 5) is 0. The average molecular weight is 291 g/mol. The third-order valence-corrected chi connectivity index (χ3v) is 4.10. The van der Waals surface area contributed by atoms with Gasteiger partial charge in [-0.25, -0.2) is 13.2 Å². The molecule has 0 heterocycles. The lowest BCUT2D eigenvalue weighted by molar-refractivity contribution is 0.431. The quantitative estimate of drug-likeness (QED) is 0.881. The van der Waals surface area contributed by atoms with Crippen molar-refractivity contribution in [2.45, 2.75) is 31.8 Å². The molecule has 1 nitrogen and oxygen atoms in total. The Bertz CT molecular complexity index is 649. The van der Waals surface area contributed by atoms with Gasteiger partial charge in [0.2, 0.25) is 0 Å². The fourth-order valence-corrected chi connectivity index (χ4v) is 3.09. The van der Waals surface area contributed by atoms with Gasteiger partial charge in [0.1, 0.15) is 17.5 Å². The molecule has 2 aromatic carbocycles. The zero-order chi connectivity index (χ0) is 15.0. The first-order valence-corrected chi connectivity index (χ1v) is 7.05. The van der Waals surface area contributed by atoms with Gasteiger partial charge in [-0.05, 0) is 49.1 Å². The van der Waals surface area contributed by atoms with Gasteiger partial charge in [0, 0.05) is 17.6 Å². The van der Waals surface area contributed by atoms with Crippen molar-refractivity contribution in [2.75, 3.05) is 0 Å². The first-order valence-electron chi connectivity index (χ1n) is 7.05. The topological polar surface area (TPSA) is 12.0 Å². The predicted molar refractivity (Wildman–Crippen MR) is 75.4 cm³/mol. The summed E-state index contributed by atoms with van der Waals surface area (Å²) < 4.78 is 41.3. The standard InChI is InChI=1S/C17H16F3N/c1-10(17-14(19)6-3-7-15(17)20)21-16-9-8-11-12(16)4-2-5-13(11)18/h2-7,10,16,21H,8-9H2,1H3. The molecule has 0 radical (unpaired) electrons. The van der Waals surface area contributed by atoms with Crippen molar-refractivity contribution in [3.8, 4) is 0 Å². The number of halogens is 3. The maximum absolute atomic E-state index is 13.8. The molecular weight excluding hydrogens is 275 g/mol. The van der Waals surface area contributed by atoms with Crippen LogP contribution in [-0.2, 0) is 6.42 Å². The highest BCUT2D eigenvalue weighted by atomic mass is 19.1. The lowest BCUT2D eigenvalue weighted by atomic mass is 10.0. The van der Waals surface area contributed by atoms with Gasteiger partial charge in [-0.3, -0.25) is 0 Å². The molecule has 1 aliphatic carbocycles. The molecule has 1 N–H and O–H groups in total. The SMILES string of the molecule is CC(NC1CCc2c(F)cccc21)c1c(F)cccc1F. The van der Waals surface area contributed by atoms with E-state index in [0.29, 0.717) is 12.0 Å². The van der Waals surface area contributed by atoms with Crippen LogP contribution < -0.4 is 5.32 Å². The summed E-state index contributed by atoms with van der Waals surface area (Å²) in [5.74, 6) is -1.33. The maximum atomic E-state index is 13.8. The van der Waals surface area contributed by atoms with E-state index in [-0.39, 0.29) is 17.4 Å². The van der Waals surface area contributed by atoms with Crippen LogP contribution in [0.2, 0.25) is 0 Å². The molecule has 21 heavy (non-hydrogen) atoms. The monoisotopic (exact) mass is 291 g/mol. The van der Waals surface area contributed by atoms with E-state index in [1.807, 2.05) is 6.07 Å². The Balaban J connectivity index is 1.85. The highest BCUT2D eigenvalue weighted by Gasteiger charge is 2.27. The summed E-state index contributed by atoms with van der Waals surface area (Å²) in [6, 6.07) is 8.27. The molecule has 0 aliphatic heterocycles. The summed E-state index contributed by atoms with van der Waals surface area (Å²) in [6.07, 6.45) is 1.38. The number of rotatable bonds is 3. The van der Waals surface area contributed by atoms with Crippen LogP contribution in [-0.4, -0.2) is 0 Å². The summed E-state index contributed by atoms with van der Waals surface area (Å²) in [5, 5.41) is 3.21. The normalized spacial score (nSPS) is 18.6. The Morgan fingerprint density at radius 3 is 2.33 bits per heavy atom. The summed E-state index contributed by atoms with van der Waals surface area (Å²) in [7, 11) is 0. The first kappa shape index (κ1) is 14.1. The van der Waals surface area contributed by atoms with E-state index in [9.17, 15) is 13.2 Å². The Labute approximate surface area is 121 Å². The van der Waals surface area contributed by atoms with Gasteiger partial charge < -0.3 is 5.32 Å². The molecule has 2 aromatic rings. The van der Waals surface area contributed by atoms with Crippen LogP contribution in [0.25, 0.3) is 0 Å². The van der Waals surface area contributed by atoms with Gasteiger partial charge in [-0.1, -0.05) is 18.2 Å². The molecule has 0 saturated heterocycles. The maximum Gasteiger partial charge on any atom is 0.130 e. The smallest absolute Gasteiger partial charge is 0.130 e. The zero-order valence-corrected chi connectivity index (χ0v) is 11.7. The number of hydrogen-bond acceptors (Lipinski definition) is 1. The summed E-state index contributed by atoms with van der Waals surface area (Å²) in [5.41, 5.74) is 1.62. The van der Waals surface area contributed by atoms with Gasteiger partial charge in [0.05, 0.1) is 0 Å². The average Bonchev–Trinajstić information content (AvgIpc) is 2.83. The first-order chi connectivity index (χ1) is 10.1. The molecule has 2 unspecified atom stereocenters. The van der Waals surface area contributed by atoms with Crippen LogP contribution in [0.4, 0.5) is 13.2 Å². The minimum absolute atomic E-state index is 0.0300. The van der Waals surface area contributed by atoms with Crippen LogP contribution in [0.5, 0.6) is 0 Å². The fourth-order valence-electron chi connectivity index (χ4n) is 3.09. The van der Waals surface area contributed by atoms with Gasteiger partial charge in [-0.2, -0.15) is 0 Å². The molecule has 0 bridgehead atoms. The molecule has 0 aromatic heterocycles. The number of hydrogen-bond donors (Lipinski definition) is 1. The highest BCUT2D eigenvalue weighted by molar-refractivity contribution is 5.36. The molecule has 110 valence electrons. The molecule has 0 spiro atoms. The van der Waals surface area contributed by atoms with E-state index in [0.717, 1.165) is 12.0 Å². The number of fused-ring (bicyclic) bond motifs is 1. The van der Waals surface area contributed by atoms with Crippen LogP contribution in [0.1, 0.15) is 42.1 Å². The minimum Gasteiger partial charge on any atom is -0.303 e. The minimum atomic E-state index is -0.563. The molecule has 1 aliphatic rings. The molecule has 0 amide bonds. The molecule has 0 saturated carbocycles. The Morgan fingerprint density at radius 2 is 1.62 bits per heavy atom. The molecule has 2 atom stereocenters. The Hall–Kier alpha value is -1.81. The van der Waals surface area contributed by atoms with Crippen molar-refractivity contribution in [1.29, 1.82) is 0 Å². The van der Waals surface area contributed by atoms with Gasteiger partial charge in [-0.15, -0.1) is 0 Å². The lowest BCUT2D eigenvalue weighted by Crippen LogP contribution is -2.24. The molecule has 4 heteroatoms. The van der Waals surface area contributed by atoms with Crippen molar-refractivity contribution in [3.05, 3.63) is 70.5 Å². The molecule has 0 fully saturated rings. The third-order valence-electron chi connectivity index (χ3n) is 4.10. The van der Waals surface area contributed by atoms with Gasteiger partial charge in [0.25, 0.3) is 0 Å². The van der Waals surface area contributed by atoms with Gasteiger partial charge >= 0.3 is 0 Å². The molecular formula is C17H16F3N. The van der Waals surface area contributed by atoms with Crippen LogP contribution in [0.15, 0.2) is 36.4 Å². The van der Waals surface area contributed by atoms with Crippen LogP contribution in [0.3, 0.4) is 0 Å². The number of nitrogens with one attached hydrogen (secondary N) is 1. The Kier molecular flexibility index (Phi) is 3.72. The van der Waals surface area contributed by atoms with Crippen molar-refractivity contribution >= 4 is 0 Å².